The van der Waals surface area contributed by atoms with Crippen molar-refractivity contribution in [2.75, 3.05) is 5.32 Å². The van der Waals surface area contributed by atoms with Crippen LogP contribution >= 0.6 is 0 Å². The van der Waals surface area contributed by atoms with Crippen molar-refractivity contribution in [1.29, 1.82) is 0 Å². The second kappa shape index (κ2) is 5.97. The molecule has 134 valence electrons. The van der Waals surface area contributed by atoms with Crippen molar-refractivity contribution in [3.8, 4) is 0 Å². The van der Waals surface area contributed by atoms with Crippen LogP contribution in [0.25, 0.3) is 0 Å². The van der Waals surface area contributed by atoms with Crippen molar-refractivity contribution in [2.24, 2.45) is 5.41 Å². The van der Waals surface area contributed by atoms with Gasteiger partial charge in [0.05, 0.1) is 0 Å². The van der Waals surface area contributed by atoms with Gasteiger partial charge in [-0.2, -0.15) is 0 Å². The highest BCUT2D eigenvalue weighted by Crippen LogP contribution is 2.37. The molecule has 2 aliphatic carbocycles. The summed E-state index contributed by atoms with van der Waals surface area (Å²) in [6.07, 6.45) is 2.92. The summed E-state index contributed by atoms with van der Waals surface area (Å²) in [5.74, 6) is 0.200. The fourth-order valence-electron chi connectivity index (χ4n) is 3.51. The number of amides is 1. The molecular weight excluding hydrogens is 324 g/mol. The molecule has 4 rings (SSSR count). The zero-order chi connectivity index (χ0) is 18.5. The zero-order valence-corrected chi connectivity index (χ0v) is 15.5. The van der Waals surface area contributed by atoms with E-state index in [-0.39, 0.29) is 17.1 Å². The van der Waals surface area contributed by atoms with Crippen LogP contribution in [0.5, 0.6) is 0 Å². The molecule has 0 aliphatic heterocycles. The number of ketones is 1. The van der Waals surface area contributed by atoms with E-state index in [1.165, 1.54) is 0 Å². The zero-order valence-electron chi connectivity index (χ0n) is 15.5. The van der Waals surface area contributed by atoms with Crippen LogP contribution in [0.2, 0.25) is 0 Å². The average Bonchev–Trinajstić information content (AvgIpc) is 3.36. The van der Waals surface area contributed by atoms with Crippen LogP contribution < -0.4 is 10.6 Å². The summed E-state index contributed by atoms with van der Waals surface area (Å²) >= 11 is 0. The van der Waals surface area contributed by atoms with Gasteiger partial charge in [-0.25, -0.2) is 0 Å². The molecule has 2 aromatic rings. The fourth-order valence-corrected chi connectivity index (χ4v) is 3.51. The summed E-state index contributed by atoms with van der Waals surface area (Å²) in [5.41, 5.74) is 5.19. The Hall–Kier alpha value is -2.62. The van der Waals surface area contributed by atoms with Crippen LogP contribution in [0.4, 0.5) is 11.4 Å². The molecule has 1 amide bonds. The number of fused-ring (bicyclic) bond motifs is 1. The lowest BCUT2D eigenvalue weighted by molar-refractivity contribution is 0.0863. The topological polar surface area (TPSA) is 58.2 Å². The largest absolute Gasteiger partial charge is 0.355 e. The first kappa shape index (κ1) is 16.8. The fraction of sp³-hybridized carbons (Fsp3) is 0.364. The third kappa shape index (κ3) is 3.12. The Bertz CT molecular complexity index is 910. The predicted molar refractivity (Wildman–Crippen MR) is 103 cm³/mol. The first-order valence-electron chi connectivity index (χ1n) is 9.20. The Balaban J connectivity index is 1.58. The summed E-state index contributed by atoms with van der Waals surface area (Å²) in [4.78, 5) is 24.7. The molecule has 2 aromatic carbocycles. The lowest BCUT2D eigenvalue weighted by atomic mass is 9.89. The van der Waals surface area contributed by atoms with Crippen LogP contribution in [0, 0.1) is 12.3 Å². The number of nitrogens with one attached hydrogen (secondary N) is 2. The van der Waals surface area contributed by atoms with E-state index in [0.29, 0.717) is 11.6 Å². The van der Waals surface area contributed by atoms with Gasteiger partial charge >= 0.3 is 0 Å². The minimum atomic E-state index is -0.322. The quantitative estimate of drug-likeness (QED) is 0.861. The molecule has 0 unspecified atom stereocenters. The average molecular weight is 348 g/mol. The van der Waals surface area contributed by atoms with Crippen LogP contribution in [0.1, 0.15) is 58.5 Å². The minimum absolute atomic E-state index is 0.0168. The molecule has 0 aromatic heterocycles. The van der Waals surface area contributed by atoms with Crippen LogP contribution in [0.3, 0.4) is 0 Å². The van der Waals surface area contributed by atoms with Crippen LogP contribution in [-0.2, 0) is 6.42 Å². The molecular formula is C22H24N2O2. The maximum absolute atomic E-state index is 12.4. The van der Waals surface area contributed by atoms with Gasteiger partial charge in [0, 0.05) is 34.0 Å². The highest BCUT2D eigenvalue weighted by atomic mass is 16.1. The number of carbonyl (C=O) groups is 2. The highest BCUT2D eigenvalue weighted by molar-refractivity contribution is 6.04. The summed E-state index contributed by atoms with van der Waals surface area (Å²) in [7, 11) is 0. The summed E-state index contributed by atoms with van der Waals surface area (Å²) in [6, 6.07) is 12.0. The number of hydrogen-bond donors (Lipinski definition) is 2. The minimum Gasteiger partial charge on any atom is -0.355 e. The molecule has 2 aliphatic rings. The summed E-state index contributed by atoms with van der Waals surface area (Å²) in [5, 5.41) is 6.44. The molecule has 0 bridgehead atoms. The number of hydrogen-bond acceptors (Lipinski definition) is 3. The standard InChI is InChI=1S/C22H24N2O2/c1-13-4-5-14(21(26)24-16-6-7-16)11-19(13)23-17-8-9-18-15(10-17)12-22(2,3)20(18)25/h4-5,8-11,16,23H,6-7,12H2,1-3H3,(H,24,26). The number of aryl methyl sites for hydroxylation is 1. The number of Topliss-reactive ketones (excluding diaryl/α,β-unsaturated/α-hetero) is 1. The first-order chi connectivity index (χ1) is 12.3. The lowest BCUT2D eigenvalue weighted by Crippen LogP contribution is -2.25. The molecule has 0 heterocycles. The molecule has 4 nitrogen and oxygen atoms in total. The Labute approximate surface area is 154 Å². The molecule has 1 fully saturated rings. The van der Waals surface area contributed by atoms with Crippen LogP contribution in [-0.4, -0.2) is 17.7 Å². The van der Waals surface area contributed by atoms with Gasteiger partial charge in [0.2, 0.25) is 0 Å². The van der Waals surface area contributed by atoms with Crippen molar-refractivity contribution in [3.05, 3.63) is 58.7 Å². The van der Waals surface area contributed by atoms with Gasteiger partial charge in [-0.3, -0.25) is 9.59 Å². The Morgan fingerprint density at radius 2 is 1.88 bits per heavy atom. The molecule has 1 saturated carbocycles. The molecule has 26 heavy (non-hydrogen) atoms. The van der Waals surface area contributed by atoms with Crippen molar-refractivity contribution in [1.82, 2.24) is 5.32 Å². The van der Waals surface area contributed by atoms with E-state index < -0.39 is 0 Å². The van der Waals surface area contributed by atoms with Gasteiger partial charge in [0.15, 0.2) is 5.78 Å². The molecule has 0 radical (unpaired) electrons. The van der Waals surface area contributed by atoms with Crippen LogP contribution in [0.15, 0.2) is 36.4 Å². The first-order valence-corrected chi connectivity index (χ1v) is 9.20. The van der Waals surface area contributed by atoms with Crippen molar-refractivity contribution >= 4 is 23.1 Å². The second-order valence-corrected chi connectivity index (χ2v) is 8.16. The van der Waals surface area contributed by atoms with E-state index in [1.807, 2.05) is 51.1 Å². The highest BCUT2D eigenvalue weighted by Gasteiger charge is 2.37. The van der Waals surface area contributed by atoms with E-state index in [2.05, 4.69) is 16.7 Å². The SMILES string of the molecule is Cc1ccc(C(=O)NC2CC2)cc1Nc1ccc2c(c1)CC(C)(C)C2=O. The molecule has 0 saturated heterocycles. The summed E-state index contributed by atoms with van der Waals surface area (Å²) < 4.78 is 0. The molecule has 2 N–H and O–H groups in total. The third-order valence-electron chi connectivity index (χ3n) is 5.29. The molecule has 4 heteroatoms. The van der Waals surface area contributed by atoms with E-state index in [4.69, 9.17) is 0 Å². The van der Waals surface area contributed by atoms with E-state index in [0.717, 1.165) is 47.3 Å². The second-order valence-electron chi connectivity index (χ2n) is 8.16. The lowest BCUT2D eigenvalue weighted by Gasteiger charge is -2.13. The third-order valence-corrected chi connectivity index (χ3v) is 5.29. The normalized spacial score (nSPS) is 17.7. The number of anilines is 2. The predicted octanol–water partition coefficient (Wildman–Crippen LogP) is 4.40. The smallest absolute Gasteiger partial charge is 0.251 e. The van der Waals surface area contributed by atoms with Gasteiger partial charge in [-0.15, -0.1) is 0 Å². The Morgan fingerprint density at radius 1 is 1.12 bits per heavy atom. The maximum atomic E-state index is 12.4. The number of carbonyl (C=O) groups excluding carboxylic acids is 2. The number of benzene rings is 2. The van der Waals surface area contributed by atoms with Crippen molar-refractivity contribution in [3.63, 3.8) is 0 Å². The van der Waals surface area contributed by atoms with Gasteiger partial charge in [-0.1, -0.05) is 19.9 Å². The Kier molecular flexibility index (Phi) is 3.87. The maximum Gasteiger partial charge on any atom is 0.251 e. The van der Waals surface area contributed by atoms with E-state index in [9.17, 15) is 9.59 Å². The van der Waals surface area contributed by atoms with Crippen molar-refractivity contribution in [2.45, 2.75) is 46.1 Å². The molecule has 0 atom stereocenters. The van der Waals surface area contributed by atoms with Crippen molar-refractivity contribution < 1.29 is 9.59 Å². The monoisotopic (exact) mass is 348 g/mol. The van der Waals surface area contributed by atoms with Gasteiger partial charge < -0.3 is 10.6 Å². The van der Waals surface area contributed by atoms with E-state index >= 15 is 0 Å². The Morgan fingerprint density at radius 3 is 2.62 bits per heavy atom. The van der Waals surface area contributed by atoms with Gasteiger partial charge in [-0.05, 0) is 67.6 Å². The molecule has 0 spiro atoms. The van der Waals surface area contributed by atoms with Gasteiger partial charge in [0.1, 0.15) is 0 Å². The van der Waals surface area contributed by atoms with Gasteiger partial charge in [0.25, 0.3) is 5.91 Å². The summed E-state index contributed by atoms with van der Waals surface area (Å²) in [6.45, 7) is 6.01. The van der Waals surface area contributed by atoms with E-state index in [1.54, 1.807) is 0 Å². The number of rotatable bonds is 4.